The van der Waals surface area contributed by atoms with E-state index < -0.39 is 5.89 Å². The number of aromatic nitrogens is 3. The largest absolute Gasteiger partial charge is 0.507 e. The van der Waals surface area contributed by atoms with Crippen molar-refractivity contribution in [1.29, 1.82) is 0 Å². The van der Waals surface area contributed by atoms with E-state index in [1.165, 1.54) is 5.56 Å². The van der Waals surface area contributed by atoms with Gasteiger partial charge in [-0.1, -0.05) is 167 Å². The van der Waals surface area contributed by atoms with Crippen LogP contribution in [0.25, 0.3) is 72.7 Å². The highest BCUT2D eigenvalue weighted by molar-refractivity contribution is 5.98. The van der Waals surface area contributed by atoms with Crippen LogP contribution in [-0.2, 0) is 16.2 Å². The van der Waals surface area contributed by atoms with Gasteiger partial charge in [0.25, 0.3) is 0 Å². The molecule has 0 saturated heterocycles. The van der Waals surface area contributed by atoms with E-state index in [1.807, 2.05) is 20.0 Å². The van der Waals surface area contributed by atoms with Crippen LogP contribution in [0.1, 0.15) is 111 Å². The fourth-order valence-corrected chi connectivity index (χ4v) is 8.39. The van der Waals surface area contributed by atoms with Crippen LogP contribution in [0.5, 0.6) is 5.75 Å². The molecule has 4 nitrogen and oxygen atoms in total. The van der Waals surface area contributed by atoms with Crippen LogP contribution in [0, 0.1) is 6.92 Å². The predicted octanol–water partition coefficient (Wildman–Crippen LogP) is 15.8. The van der Waals surface area contributed by atoms with Crippen molar-refractivity contribution in [3.63, 3.8) is 0 Å². The second kappa shape index (κ2) is 15.9. The summed E-state index contributed by atoms with van der Waals surface area (Å²) in [6, 6.07) is 47.3. The van der Waals surface area contributed by atoms with Crippen LogP contribution in [-0.4, -0.2) is 19.6 Å². The Morgan fingerprint density at radius 3 is 1.90 bits per heavy atom. The highest BCUT2D eigenvalue weighted by Crippen LogP contribution is 2.46. The Morgan fingerprint density at radius 1 is 0.565 bits per heavy atom. The molecule has 0 fully saturated rings. The van der Waals surface area contributed by atoms with Gasteiger partial charge in [0, 0.05) is 29.8 Å². The van der Waals surface area contributed by atoms with Gasteiger partial charge in [0.1, 0.15) is 11.6 Å². The topological polar surface area (TPSA) is 50.9 Å². The van der Waals surface area contributed by atoms with Gasteiger partial charge in [-0.3, -0.25) is 9.55 Å². The third kappa shape index (κ3) is 8.23. The molecule has 0 unspecified atom stereocenters. The molecule has 2 heterocycles. The molecule has 0 radical (unpaired) electrons. The van der Waals surface area contributed by atoms with Gasteiger partial charge in [0.2, 0.25) is 0 Å². The van der Waals surface area contributed by atoms with Gasteiger partial charge in [0.15, 0.2) is 0 Å². The molecular weight excluding hydrogens is 755 g/mol. The van der Waals surface area contributed by atoms with E-state index in [-0.39, 0.29) is 22.0 Å². The van der Waals surface area contributed by atoms with E-state index >= 15 is 0 Å². The summed E-state index contributed by atoms with van der Waals surface area (Å²) in [5, 5.41) is 12.5. The number of rotatable bonds is 7. The number of aromatic hydroxyl groups is 1. The molecule has 0 spiro atoms. The Labute approximate surface area is 370 Å². The molecule has 0 atom stereocenters. The number of pyridine rings is 1. The molecule has 0 aliphatic rings. The SMILES string of the molecule is [2H]C(C)(C)c1ccc(-c2ccnc(-c3cc(-c4cccc5c4nc(-c4cc(C(C)(C)C)cc(C(C)(C)C)c4O)n5-c4ccc(C)cc4-c4ccccc4)cc(C(C)(C)C)c3)c2)cc1. The minimum Gasteiger partial charge on any atom is -0.507 e. The van der Waals surface area contributed by atoms with Crippen molar-refractivity contribution < 1.29 is 6.48 Å². The van der Waals surface area contributed by atoms with Gasteiger partial charge in [0.05, 0.1) is 28.0 Å². The van der Waals surface area contributed by atoms with Gasteiger partial charge in [-0.15, -0.1) is 0 Å². The average molecular weight is 817 g/mol. The number of para-hydroxylation sites is 1. The first-order valence-electron chi connectivity index (χ1n) is 22.4. The van der Waals surface area contributed by atoms with Gasteiger partial charge in [-0.2, -0.15) is 0 Å². The minimum absolute atomic E-state index is 0.158. The standard InChI is InChI=1S/C58H61N3O/c1-36(2)38-22-24-39(25-23-38)41-27-28-59-50(33-41)43-30-42(31-44(32-43)56(4,5)6)46-19-16-20-52-53(46)60-55(48-34-45(57(7,8)9)35-49(54(48)62)58(10,11)12)61(52)51-26-21-37(3)29-47(51)40-17-14-13-15-18-40/h13-36,62H,1-12H3/i36D. The van der Waals surface area contributed by atoms with Crippen molar-refractivity contribution in [1.82, 2.24) is 14.5 Å². The van der Waals surface area contributed by atoms with Gasteiger partial charge >= 0.3 is 0 Å². The van der Waals surface area contributed by atoms with Crippen molar-refractivity contribution in [2.24, 2.45) is 0 Å². The molecule has 8 rings (SSSR count). The molecule has 2 aromatic heterocycles. The molecule has 0 aliphatic heterocycles. The van der Waals surface area contributed by atoms with Crippen LogP contribution in [0.4, 0.5) is 0 Å². The Bertz CT molecular complexity index is 2980. The number of hydrogen-bond acceptors (Lipinski definition) is 3. The van der Waals surface area contributed by atoms with E-state index in [0.29, 0.717) is 11.4 Å². The van der Waals surface area contributed by atoms with Gasteiger partial charge in [-0.05, 0) is 117 Å². The zero-order valence-electron chi connectivity index (χ0n) is 39.6. The monoisotopic (exact) mass is 816 g/mol. The van der Waals surface area contributed by atoms with Crippen LogP contribution < -0.4 is 0 Å². The Kier molecular flexibility index (Phi) is 10.5. The van der Waals surface area contributed by atoms with Crippen LogP contribution in [0.15, 0.2) is 140 Å². The Morgan fingerprint density at radius 2 is 1.24 bits per heavy atom. The smallest absolute Gasteiger partial charge is 0.149 e. The molecule has 6 aromatic carbocycles. The highest BCUT2D eigenvalue weighted by atomic mass is 16.3. The van der Waals surface area contributed by atoms with Gasteiger partial charge in [-0.25, -0.2) is 4.98 Å². The zero-order valence-corrected chi connectivity index (χ0v) is 38.6. The zero-order chi connectivity index (χ0) is 45.2. The number of aryl methyl sites for hydroxylation is 1. The van der Waals surface area contributed by atoms with Crippen molar-refractivity contribution >= 4 is 11.0 Å². The van der Waals surface area contributed by atoms with Crippen LogP contribution in [0.3, 0.4) is 0 Å². The van der Waals surface area contributed by atoms with Crippen LogP contribution >= 0.6 is 0 Å². The summed E-state index contributed by atoms with van der Waals surface area (Å²) in [4.78, 5) is 10.6. The fraction of sp³-hybridized carbons (Fsp3) is 0.276. The first-order valence-corrected chi connectivity index (χ1v) is 21.9. The molecule has 4 heteroatoms. The molecular formula is C58H61N3O. The van der Waals surface area contributed by atoms with E-state index in [0.717, 1.165) is 83.6 Å². The first kappa shape index (κ1) is 41.1. The lowest BCUT2D eigenvalue weighted by molar-refractivity contribution is 0.446. The lowest BCUT2D eigenvalue weighted by Crippen LogP contribution is -2.17. The summed E-state index contributed by atoms with van der Waals surface area (Å²) < 4.78 is 10.8. The predicted molar refractivity (Wildman–Crippen MR) is 263 cm³/mol. The third-order valence-electron chi connectivity index (χ3n) is 12.1. The lowest BCUT2D eigenvalue weighted by atomic mass is 9.79. The third-order valence-corrected chi connectivity index (χ3v) is 12.1. The van der Waals surface area contributed by atoms with Crippen LogP contribution in [0.2, 0.25) is 0 Å². The van der Waals surface area contributed by atoms with Crippen molar-refractivity contribution in [2.45, 2.75) is 105 Å². The normalized spacial score (nSPS) is 12.8. The minimum atomic E-state index is -0.665. The first-order chi connectivity index (χ1) is 29.6. The summed E-state index contributed by atoms with van der Waals surface area (Å²) in [6.45, 7) is 25.9. The van der Waals surface area contributed by atoms with Crippen molar-refractivity contribution in [2.75, 3.05) is 0 Å². The number of phenolic OH excluding ortho intramolecular Hbond substituents is 1. The number of benzene rings is 6. The maximum Gasteiger partial charge on any atom is 0.149 e. The number of hydrogen-bond donors (Lipinski definition) is 1. The average Bonchev–Trinajstić information content (AvgIpc) is 3.62. The second-order valence-electron chi connectivity index (χ2n) is 20.3. The number of fused-ring (bicyclic) bond motifs is 1. The molecule has 8 aromatic rings. The molecule has 314 valence electrons. The Hall–Kier alpha value is -6.26. The summed E-state index contributed by atoms with van der Waals surface area (Å²) in [6.07, 6.45) is 1.89. The van der Waals surface area contributed by atoms with E-state index in [4.69, 9.17) is 11.3 Å². The van der Waals surface area contributed by atoms with Gasteiger partial charge < -0.3 is 5.11 Å². The van der Waals surface area contributed by atoms with E-state index in [1.54, 1.807) is 0 Å². The summed E-state index contributed by atoms with van der Waals surface area (Å²) >= 11 is 0. The lowest BCUT2D eigenvalue weighted by Gasteiger charge is -2.27. The quantitative estimate of drug-likeness (QED) is 0.174. The maximum absolute atomic E-state index is 12.5. The Balaban J connectivity index is 1.41. The summed E-state index contributed by atoms with van der Waals surface area (Å²) in [5.74, 6) is 0.277. The fourth-order valence-electron chi connectivity index (χ4n) is 8.39. The summed E-state index contributed by atoms with van der Waals surface area (Å²) in [5.41, 5.74) is 16.5. The molecule has 62 heavy (non-hydrogen) atoms. The van der Waals surface area contributed by atoms with E-state index in [2.05, 4.69) is 207 Å². The van der Waals surface area contributed by atoms with Crippen molar-refractivity contribution in [3.8, 4) is 67.5 Å². The van der Waals surface area contributed by atoms with Crippen molar-refractivity contribution in [3.05, 3.63) is 167 Å². The maximum atomic E-state index is 12.5. The molecule has 0 bridgehead atoms. The molecule has 0 aliphatic carbocycles. The summed E-state index contributed by atoms with van der Waals surface area (Å²) in [7, 11) is 0. The number of nitrogens with zero attached hydrogens (tertiary/aromatic N) is 3. The molecule has 1 N–H and O–H groups in total. The van der Waals surface area contributed by atoms with E-state index in [9.17, 15) is 5.11 Å². The second-order valence-corrected chi connectivity index (χ2v) is 20.3. The number of imidazole rings is 1. The molecule has 0 amide bonds. The number of phenols is 1. The molecule has 0 saturated carbocycles. The highest BCUT2D eigenvalue weighted by Gasteiger charge is 2.29.